The number of rotatable bonds is 3. The number of amides is 2. The molecular weight excluding hydrogens is 300 g/mol. The maximum atomic E-state index is 12.9. The Kier molecular flexibility index (Phi) is 5.54. The Balaban J connectivity index is 1.72. The Morgan fingerprint density at radius 2 is 1.75 bits per heavy atom. The highest BCUT2D eigenvalue weighted by atomic mass is 16.2. The summed E-state index contributed by atoms with van der Waals surface area (Å²) in [6.07, 6.45) is 9.39. The number of carbonyl (C=O) groups is 2. The lowest BCUT2D eigenvalue weighted by Gasteiger charge is -2.27. The minimum atomic E-state index is -0.389. The minimum Gasteiger partial charge on any atom is -0.352 e. The smallest absolute Gasteiger partial charge is 0.243 e. The number of anilines is 1. The number of hydrogen-bond donors (Lipinski definition) is 1. The van der Waals surface area contributed by atoms with Gasteiger partial charge in [0.2, 0.25) is 11.8 Å². The summed E-state index contributed by atoms with van der Waals surface area (Å²) >= 11 is 0. The van der Waals surface area contributed by atoms with Crippen molar-refractivity contribution in [2.24, 2.45) is 0 Å². The fourth-order valence-electron chi connectivity index (χ4n) is 3.97. The van der Waals surface area contributed by atoms with Gasteiger partial charge in [-0.2, -0.15) is 0 Å². The molecule has 1 aromatic carbocycles. The van der Waals surface area contributed by atoms with E-state index in [-0.39, 0.29) is 23.9 Å². The Bertz CT molecular complexity index is 591. The van der Waals surface area contributed by atoms with Gasteiger partial charge < -0.3 is 5.32 Å². The molecule has 1 heterocycles. The molecule has 1 N–H and O–H groups in total. The topological polar surface area (TPSA) is 49.4 Å². The lowest BCUT2D eigenvalue weighted by molar-refractivity contribution is -0.126. The molecule has 0 radical (unpaired) electrons. The van der Waals surface area contributed by atoms with E-state index in [0.717, 1.165) is 24.1 Å². The summed E-state index contributed by atoms with van der Waals surface area (Å²) in [5, 5.41) is 3.24. The number of hydrogen-bond acceptors (Lipinski definition) is 2. The van der Waals surface area contributed by atoms with Crippen LogP contribution in [-0.2, 0) is 16.0 Å². The average molecular weight is 328 g/mol. The SMILES string of the molecule is CCC(=O)N1c2ccccc2C[C@@H]1C(=O)NC1CCCCCCC1. The quantitative estimate of drug-likeness (QED) is 0.922. The third-order valence-corrected chi connectivity index (χ3v) is 5.30. The number of fused-ring (bicyclic) bond motifs is 1. The summed E-state index contributed by atoms with van der Waals surface area (Å²) in [7, 11) is 0. The number of nitrogens with one attached hydrogen (secondary N) is 1. The van der Waals surface area contributed by atoms with Gasteiger partial charge in [0, 0.05) is 24.6 Å². The lowest BCUT2D eigenvalue weighted by Crippen LogP contribution is -2.50. The summed E-state index contributed by atoms with van der Waals surface area (Å²) in [4.78, 5) is 27.1. The minimum absolute atomic E-state index is 0.0126. The van der Waals surface area contributed by atoms with Crippen molar-refractivity contribution >= 4 is 17.5 Å². The zero-order valence-corrected chi connectivity index (χ0v) is 14.6. The molecule has 0 saturated heterocycles. The molecule has 0 bridgehead atoms. The van der Waals surface area contributed by atoms with E-state index in [4.69, 9.17) is 0 Å². The molecule has 24 heavy (non-hydrogen) atoms. The van der Waals surface area contributed by atoms with Crippen LogP contribution in [0.15, 0.2) is 24.3 Å². The van der Waals surface area contributed by atoms with Crippen molar-refractivity contribution in [1.82, 2.24) is 5.32 Å². The molecule has 2 aliphatic rings. The van der Waals surface area contributed by atoms with Crippen LogP contribution in [0.25, 0.3) is 0 Å². The highest BCUT2D eigenvalue weighted by molar-refractivity contribution is 6.03. The zero-order valence-electron chi connectivity index (χ0n) is 14.6. The van der Waals surface area contributed by atoms with Crippen molar-refractivity contribution < 1.29 is 9.59 Å². The van der Waals surface area contributed by atoms with Gasteiger partial charge in [0.05, 0.1) is 0 Å². The number of nitrogens with zero attached hydrogens (tertiary/aromatic N) is 1. The first-order valence-electron chi connectivity index (χ1n) is 9.41. The fraction of sp³-hybridized carbons (Fsp3) is 0.600. The van der Waals surface area contributed by atoms with Crippen molar-refractivity contribution in [3.63, 3.8) is 0 Å². The summed E-state index contributed by atoms with van der Waals surface area (Å²) < 4.78 is 0. The molecule has 1 saturated carbocycles. The average Bonchev–Trinajstić information content (AvgIpc) is 2.96. The summed E-state index contributed by atoms with van der Waals surface area (Å²) in [6.45, 7) is 1.85. The van der Waals surface area contributed by atoms with Crippen LogP contribution in [0.3, 0.4) is 0 Å². The highest BCUT2D eigenvalue weighted by Crippen LogP contribution is 2.33. The molecule has 1 atom stereocenters. The fourth-order valence-corrected chi connectivity index (χ4v) is 3.97. The Morgan fingerprint density at radius 3 is 2.46 bits per heavy atom. The lowest BCUT2D eigenvalue weighted by atomic mass is 9.96. The van der Waals surface area contributed by atoms with Gasteiger partial charge in [-0.05, 0) is 24.5 Å². The second-order valence-electron chi connectivity index (χ2n) is 7.02. The number of benzene rings is 1. The maximum absolute atomic E-state index is 12.9. The largest absolute Gasteiger partial charge is 0.352 e. The molecule has 0 aromatic heterocycles. The van der Waals surface area contributed by atoms with Crippen LogP contribution >= 0.6 is 0 Å². The maximum Gasteiger partial charge on any atom is 0.243 e. The summed E-state index contributed by atoms with van der Waals surface area (Å²) in [5.74, 6) is 0.0383. The third kappa shape index (κ3) is 3.63. The first-order chi connectivity index (χ1) is 11.7. The molecule has 1 aliphatic carbocycles. The second kappa shape index (κ2) is 7.82. The van der Waals surface area contributed by atoms with Crippen molar-refractivity contribution in [2.75, 3.05) is 4.90 Å². The van der Waals surface area contributed by atoms with Gasteiger partial charge in [-0.25, -0.2) is 0 Å². The monoisotopic (exact) mass is 328 g/mol. The Labute approximate surface area is 144 Å². The van der Waals surface area contributed by atoms with Gasteiger partial charge in [-0.15, -0.1) is 0 Å². The molecule has 1 aliphatic heterocycles. The standard InChI is InChI=1S/C20H28N2O2/c1-2-19(23)22-17-13-9-8-10-15(17)14-18(22)20(24)21-16-11-6-4-3-5-7-12-16/h8-10,13,16,18H,2-7,11-12,14H2,1H3,(H,21,24)/t18-/m1/s1. The van der Waals surface area contributed by atoms with E-state index < -0.39 is 0 Å². The van der Waals surface area contributed by atoms with Crippen LogP contribution in [0.1, 0.15) is 63.9 Å². The first-order valence-corrected chi connectivity index (χ1v) is 9.41. The molecule has 4 heteroatoms. The van der Waals surface area contributed by atoms with Crippen LogP contribution in [-0.4, -0.2) is 23.9 Å². The number of para-hydroxylation sites is 1. The van der Waals surface area contributed by atoms with Crippen molar-refractivity contribution in [3.05, 3.63) is 29.8 Å². The van der Waals surface area contributed by atoms with E-state index >= 15 is 0 Å². The van der Waals surface area contributed by atoms with Gasteiger partial charge in [0.15, 0.2) is 0 Å². The molecule has 2 amide bonds. The predicted molar refractivity (Wildman–Crippen MR) is 96.0 cm³/mol. The molecular formula is C20H28N2O2. The van der Waals surface area contributed by atoms with Gasteiger partial charge >= 0.3 is 0 Å². The van der Waals surface area contributed by atoms with Crippen LogP contribution in [0.4, 0.5) is 5.69 Å². The molecule has 0 spiro atoms. The van der Waals surface area contributed by atoms with Crippen LogP contribution in [0.5, 0.6) is 0 Å². The van der Waals surface area contributed by atoms with Gasteiger partial charge in [0.25, 0.3) is 0 Å². The normalized spacial score (nSPS) is 21.7. The van der Waals surface area contributed by atoms with Crippen LogP contribution in [0.2, 0.25) is 0 Å². The molecule has 1 aromatic rings. The number of carbonyl (C=O) groups excluding carboxylic acids is 2. The molecule has 1 fully saturated rings. The van der Waals surface area contributed by atoms with Crippen molar-refractivity contribution in [3.8, 4) is 0 Å². The van der Waals surface area contributed by atoms with Gasteiger partial charge in [-0.3, -0.25) is 14.5 Å². The van der Waals surface area contributed by atoms with E-state index in [0.29, 0.717) is 12.8 Å². The third-order valence-electron chi connectivity index (χ3n) is 5.30. The van der Waals surface area contributed by atoms with Gasteiger partial charge in [-0.1, -0.05) is 57.2 Å². The summed E-state index contributed by atoms with van der Waals surface area (Å²) in [6, 6.07) is 7.76. The first kappa shape index (κ1) is 17.0. The van der Waals surface area contributed by atoms with Crippen LogP contribution < -0.4 is 10.2 Å². The van der Waals surface area contributed by atoms with Gasteiger partial charge in [0.1, 0.15) is 6.04 Å². The summed E-state index contributed by atoms with van der Waals surface area (Å²) in [5.41, 5.74) is 2.00. The van der Waals surface area contributed by atoms with Crippen molar-refractivity contribution in [2.45, 2.75) is 76.8 Å². The van der Waals surface area contributed by atoms with Crippen LogP contribution in [0, 0.1) is 0 Å². The molecule has 0 unspecified atom stereocenters. The van der Waals surface area contributed by atoms with E-state index in [9.17, 15) is 9.59 Å². The van der Waals surface area contributed by atoms with E-state index in [1.165, 1.54) is 32.1 Å². The molecule has 4 nitrogen and oxygen atoms in total. The predicted octanol–water partition coefficient (Wildman–Crippen LogP) is 3.58. The van der Waals surface area contributed by atoms with E-state index in [1.54, 1.807) is 4.90 Å². The van der Waals surface area contributed by atoms with E-state index in [2.05, 4.69) is 5.32 Å². The van der Waals surface area contributed by atoms with Crippen molar-refractivity contribution in [1.29, 1.82) is 0 Å². The second-order valence-corrected chi connectivity index (χ2v) is 7.02. The Hall–Kier alpha value is -1.84. The zero-order chi connectivity index (χ0) is 16.9. The molecule has 3 rings (SSSR count). The Morgan fingerprint density at radius 1 is 1.08 bits per heavy atom. The highest BCUT2D eigenvalue weighted by Gasteiger charge is 2.37. The molecule has 130 valence electrons. The van der Waals surface area contributed by atoms with E-state index in [1.807, 2.05) is 31.2 Å².